The molecule has 1 aromatic carbocycles. The summed E-state index contributed by atoms with van der Waals surface area (Å²) < 4.78 is 0. The normalized spacial score (nSPS) is 12.0. The van der Waals surface area contributed by atoms with E-state index in [0.717, 1.165) is 16.8 Å². The molecular weight excluding hydrogens is 258 g/mol. The Morgan fingerprint density at radius 2 is 2.16 bits per heavy atom. The van der Waals surface area contributed by atoms with Crippen LogP contribution in [0.2, 0.25) is 0 Å². The van der Waals surface area contributed by atoms with Crippen LogP contribution in [0.1, 0.15) is 25.2 Å². The maximum atomic E-state index is 12.0. The highest BCUT2D eigenvalue weighted by Crippen LogP contribution is 2.16. The fraction of sp³-hybridized carbons (Fsp3) is 0.429. The number of nitrogens with two attached hydrogens (primary N) is 1. The van der Waals surface area contributed by atoms with E-state index < -0.39 is 0 Å². The smallest absolute Gasteiger partial charge is 0.258 e. The molecular formula is C14H19N3OS. The Kier molecular flexibility index (Phi) is 3.96. The SMILES string of the molecule is Cc1cccc2c(=O)[nH]c(CSCC(C)(C)N)nc12. The van der Waals surface area contributed by atoms with Gasteiger partial charge in [0, 0.05) is 11.3 Å². The van der Waals surface area contributed by atoms with Crippen LogP contribution < -0.4 is 11.3 Å². The van der Waals surface area contributed by atoms with Crippen LogP contribution in [0.25, 0.3) is 10.9 Å². The first-order chi connectivity index (χ1) is 8.87. The number of thioether (sulfide) groups is 1. The summed E-state index contributed by atoms with van der Waals surface area (Å²) in [4.78, 5) is 19.4. The molecule has 0 bridgehead atoms. The first-order valence-corrected chi connectivity index (χ1v) is 7.37. The molecule has 0 fully saturated rings. The van der Waals surface area contributed by atoms with E-state index in [1.165, 1.54) is 0 Å². The lowest BCUT2D eigenvalue weighted by molar-refractivity contribution is 0.591. The predicted molar refractivity (Wildman–Crippen MR) is 81.5 cm³/mol. The molecule has 5 heteroatoms. The van der Waals surface area contributed by atoms with E-state index in [1.54, 1.807) is 17.8 Å². The summed E-state index contributed by atoms with van der Waals surface area (Å²) in [5, 5.41) is 0.646. The molecule has 0 saturated carbocycles. The standard InChI is InChI=1S/C14H19N3OS/c1-9-5-4-6-10-12(9)16-11(17-13(10)18)7-19-8-14(2,3)15/h4-6H,7-8,15H2,1-3H3,(H,16,17,18). The number of aromatic amines is 1. The third kappa shape index (κ3) is 3.58. The summed E-state index contributed by atoms with van der Waals surface area (Å²) in [7, 11) is 0. The molecule has 1 heterocycles. The van der Waals surface area contributed by atoms with Gasteiger partial charge in [0.1, 0.15) is 5.82 Å². The number of hydrogen-bond acceptors (Lipinski definition) is 4. The molecule has 0 saturated heterocycles. The van der Waals surface area contributed by atoms with E-state index in [-0.39, 0.29) is 11.1 Å². The van der Waals surface area contributed by atoms with Crippen LogP contribution in [-0.2, 0) is 5.75 Å². The van der Waals surface area contributed by atoms with E-state index in [2.05, 4.69) is 9.97 Å². The fourth-order valence-corrected chi connectivity index (χ4v) is 2.79. The van der Waals surface area contributed by atoms with Gasteiger partial charge in [-0.2, -0.15) is 11.8 Å². The molecule has 0 aliphatic heterocycles. The Bertz CT molecular complexity index is 643. The average Bonchev–Trinajstić information content (AvgIpc) is 2.29. The van der Waals surface area contributed by atoms with E-state index in [9.17, 15) is 4.79 Å². The van der Waals surface area contributed by atoms with E-state index >= 15 is 0 Å². The minimum absolute atomic E-state index is 0.0729. The molecule has 102 valence electrons. The number of aromatic nitrogens is 2. The van der Waals surface area contributed by atoms with Gasteiger partial charge in [0.15, 0.2) is 0 Å². The molecule has 1 aromatic heterocycles. The second-order valence-electron chi connectivity index (χ2n) is 5.47. The maximum absolute atomic E-state index is 12.0. The molecule has 2 rings (SSSR count). The highest BCUT2D eigenvalue weighted by atomic mass is 32.2. The molecule has 0 spiro atoms. The molecule has 0 unspecified atom stereocenters. The van der Waals surface area contributed by atoms with Crippen molar-refractivity contribution in [3.8, 4) is 0 Å². The highest BCUT2D eigenvalue weighted by Gasteiger charge is 2.11. The average molecular weight is 277 g/mol. The van der Waals surface area contributed by atoms with Crippen LogP contribution in [0.15, 0.2) is 23.0 Å². The molecule has 0 amide bonds. The molecule has 0 atom stereocenters. The van der Waals surface area contributed by atoms with Gasteiger partial charge < -0.3 is 10.7 Å². The number of hydrogen-bond donors (Lipinski definition) is 2. The summed E-state index contributed by atoms with van der Waals surface area (Å²) in [5.74, 6) is 2.20. The van der Waals surface area contributed by atoms with Crippen molar-refractivity contribution >= 4 is 22.7 Å². The zero-order valence-electron chi connectivity index (χ0n) is 11.5. The second-order valence-corrected chi connectivity index (χ2v) is 6.45. The Morgan fingerprint density at radius 3 is 2.84 bits per heavy atom. The Labute approximate surface area is 116 Å². The van der Waals surface area contributed by atoms with Crippen molar-refractivity contribution in [2.45, 2.75) is 32.1 Å². The largest absolute Gasteiger partial charge is 0.325 e. The molecule has 0 radical (unpaired) electrons. The van der Waals surface area contributed by atoms with Crippen LogP contribution in [0, 0.1) is 6.92 Å². The fourth-order valence-electron chi connectivity index (χ4n) is 1.83. The van der Waals surface area contributed by atoms with Gasteiger partial charge in [-0.15, -0.1) is 0 Å². The van der Waals surface area contributed by atoms with E-state index in [1.807, 2.05) is 32.9 Å². The van der Waals surface area contributed by atoms with E-state index in [4.69, 9.17) is 5.73 Å². The van der Waals surface area contributed by atoms with Gasteiger partial charge in [-0.3, -0.25) is 4.79 Å². The van der Waals surface area contributed by atoms with Crippen LogP contribution in [-0.4, -0.2) is 21.3 Å². The maximum Gasteiger partial charge on any atom is 0.258 e. The number of benzene rings is 1. The molecule has 3 N–H and O–H groups in total. The van der Waals surface area contributed by atoms with Crippen LogP contribution in [0.4, 0.5) is 0 Å². The quantitative estimate of drug-likeness (QED) is 0.898. The van der Waals surface area contributed by atoms with Crippen molar-refractivity contribution in [3.63, 3.8) is 0 Å². The third-order valence-corrected chi connectivity index (χ3v) is 4.13. The number of fused-ring (bicyclic) bond motifs is 1. The Balaban J connectivity index is 2.26. The lowest BCUT2D eigenvalue weighted by Gasteiger charge is -2.17. The van der Waals surface area contributed by atoms with Gasteiger partial charge in [0.05, 0.1) is 16.7 Å². The number of para-hydroxylation sites is 1. The molecule has 0 aliphatic carbocycles. The van der Waals surface area contributed by atoms with Crippen molar-refractivity contribution < 1.29 is 0 Å². The monoisotopic (exact) mass is 277 g/mol. The molecule has 0 aliphatic rings. The molecule has 19 heavy (non-hydrogen) atoms. The minimum Gasteiger partial charge on any atom is -0.325 e. The van der Waals surface area contributed by atoms with Gasteiger partial charge in [-0.1, -0.05) is 12.1 Å². The molecule has 2 aromatic rings. The number of aryl methyl sites for hydroxylation is 1. The summed E-state index contributed by atoms with van der Waals surface area (Å²) >= 11 is 1.68. The second kappa shape index (κ2) is 5.35. The topological polar surface area (TPSA) is 71.8 Å². The lowest BCUT2D eigenvalue weighted by Crippen LogP contribution is -2.34. The predicted octanol–water partition coefficient (Wildman–Crippen LogP) is 2.20. The van der Waals surface area contributed by atoms with Crippen LogP contribution in [0.3, 0.4) is 0 Å². The number of H-pyrrole nitrogens is 1. The van der Waals surface area contributed by atoms with Crippen LogP contribution in [0.5, 0.6) is 0 Å². The summed E-state index contributed by atoms with van der Waals surface area (Å²) in [5.41, 5.74) is 7.46. The Hall–Kier alpha value is -1.33. The zero-order chi connectivity index (χ0) is 14.0. The minimum atomic E-state index is -0.211. The summed E-state index contributed by atoms with van der Waals surface area (Å²) in [6.07, 6.45) is 0. The molecule has 4 nitrogen and oxygen atoms in total. The first-order valence-electron chi connectivity index (χ1n) is 6.22. The van der Waals surface area contributed by atoms with Crippen molar-refractivity contribution in [2.75, 3.05) is 5.75 Å². The first kappa shape index (κ1) is 14.1. The zero-order valence-corrected chi connectivity index (χ0v) is 12.3. The van der Waals surface area contributed by atoms with Gasteiger partial charge >= 0.3 is 0 Å². The van der Waals surface area contributed by atoms with Crippen molar-refractivity contribution in [2.24, 2.45) is 5.73 Å². The summed E-state index contributed by atoms with van der Waals surface area (Å²) in [6.45, 7) is 5.94. The lowest BCUT2D eigenvalue weighted by atomic mass is 10.1. The van der Waals surface area contributed by atoms with Crippen molar-refractivity contribution in [1.29, 1.82) is 0 Å². The van der Waals surface area contributed by atoms with Crippen molar-refractivity contribution in [3.05, 3.63) is 39.9 Å². The van der Waals surface area contributed by atoms with Gasteiger partial charge in [-0.05, 0) is 32.4 Å². The number of nitrogens with zero attached hydrogens (tertiary/aromatic N) is 1. The number of rotatable bonds is 4. The van der Waals surface area contributed by atoms with Gasteiger partial charge in [0.2, 0.25) is 0 Å². The highest BCUT2D eigenvalue weighted by molar-refractivity contribution is 7.98. The van der Waals surface area contributed by atoms with Gasteiger partial charge in [0.25, 0.3) is 5.56 Å². The van der Waals surface area contributed by atoms with E-state index in [0.29, 0.717) is 17.0 Å². The third-order valence-electron chi connectivity index (χ3n) is 2.70. The summed E-state index contributed by atoms with van der Waals surface area (Å²) in [6, 6.07) is 5.64. The van der Waals surface area contributed by atoms with Crippen LogP contribution >= 0.6 is 11.8 Å². The van der Waals surface area contributed by atoms with Crippen molar-refractivity contribution in [1.82, 2.24) is 9.97 Å². The van der Waals surface area contributed by atoms with Gasteiger partial charge in [-0.25, -0.2) is 4.98 Å². The Morgan fingerprint density at radius 1 is 1.42 bits per heavy atom. The number of nitrogens with one attached hydrogen (secondary N) is 1.